The summed E-state index contributed by atoms with van der Waals surface area (Å²) < 4.78 is 0.983. The highest BCUT2D eigenvalue weighted by atomic mass is 79.9. The van der Waals surface area contributed by atoms with Crippen LogP contribution >= 0.6 is 15.9 Å². The Morgan fingerprint density at radius 1 is 1.41 bits per heavy atom. The molecule has 94 valence electrons. The summed E-state index contributed by atoms with van der Waals surface area (Å²) >= 11 is 3.43. The molecule has 3 nitrogen and oxygen atoms in total. The van der Waals surface area contributed by atoms with E-state index >= 15 is 0 Å². The Bertz CT molecular complexity index is 389. The molecule has 0 fully saturated rings. The first-order chi connectivity index (χ1) is 8.20. The highest BCUT2D eigenvalue weighted by molar-refractivity contribution is 9.10. The van der Waals surface area contributed by atoms with Crippen molar-refractivity contribution >= 4 is 34.1 Å². The molecule has 0 aromatic heterocycles. The normalized spacial score (nSPS) is 9.94. The summed E-state index contributed by atoms with van der Waals surface area (Å²) in [5, 5.41) is 7.00. The topological polar surface area (TPSA) is 49.7 Å². The lowest BCUT2D eigenvalue weighted by Gasteiger charge is -2.05. The average Bonchev–Trinajstić information content (AvgIpc) is 2.37. The summed E-state index contributed by atoms with van der Waals surface area (Å²) in [4.78, 5) is 15.2. The third-order valence-corrected chi connectivity index (χ3v) is 3.02. The first-order valence-corrected chi connectivity index (χ1v) is 6.21. The standard InChI is InChI=1S/C12H14BrNO.CH4O/c1-3-4-7-14-12-9(2)11(13)6-5-10(12)8-15;1-2/h5-8H,3-4H2,1-2H3;2H,1H3. The van der Waals surface area contributed by atoms with Gasteiger partial charge >= 0.3 is 0 Å². The van der Waals surface area contributed by atoms with Gasteiger partial charge in [-0.3, -0.25) is 9.79 Å². The second-order valence-corrected chi connectivity index (χ2v) is 4.18. The maximum atomic E-state index is 10.8. The lowest BCUT2D eigenvalue weighted by Crippen LogP contribution is -1.87. The molecule has 0 atom stereocenters. The van der Waals surface area contributed by atoms with Gasteiger partial charge in [-0.15, -0.1) is 0 Å². The van der Waals surface area contributed by atoms with Gasteiger partial charge in [-0.2, -0.15) is 0 Å². The Morgan fingerprint density at radius 3 is 2.59 bits per heavy atom. The van der Waals surface area contributed by atoms with E-state index in [4.69, 9.17) is 5.11 Å². The van der Waals surface area contributed by atoms with Gasteiger partial charge in [0.25, 0.3) is 0 Å². The van der Waals surface area contributed by atoms with Gasteiger partial charge in [-0.25, -0.2) is 0 Å². The van der Waals surface area contributed by atoms with Crippen LogP contribution in [0.5, 0.6) is 0 Å². The summed E-state index contributed by atoms with van der Waals surface area (Å²) in [6.45, 7) is 4.05. The molecule has 4 heteroatoms. The van der Waals surface area contributed by atoms with Crippen molar-refractivity contribution in [2.45, 2.75) is 26.7 Å². The monoisotopic (exact) mass is 299 g/mol. The van der Waals surface area contributed by atoms with Crippen LogP contribution in [-0.4, -0.2) is 24.7 Å². The minimum Gasteiger partial charge on any atom is -0.400 e. The highest BCUT2D eigenvalue weighted by Crippen LogP contribution is 2.29. The molecule has 0 radical (unpaired) electrons. The summed E-state index contributed by atoms with van der Waals surface area (Å²) in [5.74, 6) is 0. The Labute approximate surface area is 111 Å². The van der Waals surface area contributed by atoms with Crippen LogP contribution in [0.1, 0.15) is 35.7 Å². The van der Waals surface area contributed by atoms with Gasteiger partial charge in [0.15, 0.2) is 6.29 Å². The van der Waals surface area contributed by atoms with Crippen molar-refractivity contribution in [3.63, 3.8) is 0 Å². The van der Waals surface area contributed by atoms with Crippen LogP contribution in [0.3, 0.4) is 0 Å². The zero-order valence-corrected chi connectivity index (χ0v) is 12.0. The number of carbonyl (C=O) groups excluding carboxylic acids is 1. The van der Waals surface area contributed by atoms with Crippen molar-refractivity contribution in [3.05, 3.63) is 27.7 Å². The average molecular weight is 300 g/mol. The van der Waals surface area contributed by atoms with Crippen molar-refractivity contribution in [2.24, 2.45) is 4.99 Å². The Balaban J connectivity index is 0.00000121. The lowest BCUT2D eigenvalue weighted by molar-refractivity contribution is 0.112. The van der Waals surface area contributed by atoms with Gasteiger partial charge in [0.1, 0.15) is 0 Å². The highest BCUT2D eigenvalue weighted by Gasteiger charge is 2.06. The Morgan fingerprint density at radius 2 is 2.06 bits per heavy atom. The molecule has 17 heavy (non-hydrogen) atoms. The zero-order valence-electron chi connectivity index (χ0n) is 10.4. The fraction of sp³-hybridized carbons (Fsp3) is 0.385. The van der Waals surface area contributed by atoms with Gasteiger partial charge in [-0.1, -0.05) is 29.3 Å². The maximum absolute atomic E-state index is 10.8. The van der Waals surface area contributed by atoms with E-state index in [1.54, 1.807) is 6.07 Å². The first kappa shape index (κ1) is 16.0. The van der Waals surface area contributed by atoms with Crippen molar-refractivity contribution in [1.29, 1.82) is 0 Å². The third-order valence-electron chi connectivity index (χ3n) is 2.16. The molecule has 0 bridgehead atoms. The zero-order chi connectivity index (χ0) is 13.3. The van der Waals surface area contributed by atoms with E-state index < -0.39 is 0 Å². The predicted molar refractivity (Wildman–Crippen MR) is 75.5 cm³/mol. The van der Waals surface area contributed by atoms with Crippen LogP contribution in [0.4, 0.5) is 5.69 Å². The molecule has 0 heterocycles. The number of aldehydes is 1. The number of aliphatic hydroxyl groups excluding tert-OH is 1. The van der Waals surface area contributed by atoms with Gasteiger partial charge in [0.2, 0.25) is 0 Å². The van der Waals surface area contributed by atoms with E-state index in [1.807, 2.05) is 19.2 Å². The number of aliphatic hydroxyl groups is 1. The van der Waals surface area contributed by atoms with Crippen LogP contribution in [-0.2, 0) is 0 Å². The molecule has 0 amide bonds. The molecule has 0 aliphatic rings. The molecule has 0 saturated heterocycles. The smallest absolute Gasteiger partial charge is 0.152 e. The van der Waals surface area contributed by atoms with Crippen molar-refractivity contribution in [1.82, 2.24) is 0 Å². The van der Waals surface area contributed by atoms with Crippen LogP contribution in [0, 0.1) is 6.92 Å². The summed E-state index contributed by atoms with van der Waals surface area (Å²) in [6.07, 6.45) is 4.71. The van der Waals surface area contributed by atoms with Gasteiger partial charge in [0.05, 0.1) is 5.69 Å². The summed E-state index contributed by atoms with van der Waals surface area (Å²) in [6, 6.07) is 3.65. The van der Waals surface area contributed by atoms with E-state index in [0.717, 1.165) is 42.0 Å². The van der Waals surface area contributed by atoms with Crippen LogP contribution in [0.25, 0.3) is 0 Å². The van der Waals surface area contributed by atoms with Gasteiger partial charge < -0.3 is 5.11 Å². The number of carbonyl (C=O) groups is 1. The number of nitrogens with zero attached hydrogens (tertiary/aromatic N) is 1. The molecular weight excluding hydrogens is 282 g/mol. The molecule has 0 aliphatic carbocycles. The minimum absolute atomic E-state index is 0.642. The predicted octanol–water partition coefficient (Wildman–Crippen LogP) is 3.68. The van der Waals surface area contributed by atoms with Crippen LogP contribution < -0.4 is 0 Å². The van der Waals surface area contributed by atoms with Crippen molar-refractivity contribution in [3.8, 4) is 0 Å². The SMILES string of the molecule is CCCC=Nc1c(C=O)ccc(Br)c1C.CO. The Hall–Kier alpha value is -1.00. The molecule has 0 unspecified atom stereocenters. The largest absolute Gasteiger partial charge is 0.400 e. The number of unbranched alkanes of at least 4 members (excludes halogenated alkanes) is 1. The second kappa shape index (κ2) is 9.07. The quantitative estimate of drug-likeness (QED) is 0.681. The summed E-state index contributed by atoms with van der Waals surface area (Å²) in [5.41, 5.74) is 2.42. The van der Waals surface area contributed by atoms with E-state index in [9.17, 15) is 4.79 Å². The number of benzene rings is 1. The molecule has 0 saturated carbocycles. The molecule has 1 aromatic carbocycles. The molecular formula is C13H18BrNO2. The van der Waals surface area contributed by atoms with Crippen LogP contribution in [0.15, 0.2) is 21.6 Å². The molecule has 0 spiro atoms. The van der Waals surface area contributed by atoms with Gasteiger partial charge in [0, 0.05) is 23.4 Å². The molecule has 1 N–H and O–H groups in total. The number of aliphatic imine (C=N–C) groups is 1. The number of halogens is 1. The maximum Gasteiger partial charge on any atom is 0.152 e. The van der Waals surface area contributed by atoms with Gasteiger partial charge in [-0.05, 0) is 31.0 Å². The summed E-state index contributed by atoms with van der Waals surface area (Å²) in [7, 11) is 1.00. The number of rotatable bonds is 4. The van der Waals surface area contributed by atoms with Crippen molar-refractivity contribution < 1.29 is 9.90 Å². The second-order valence-electron chi connectivity index (χ2n) is 3.33. The van der Waals surface area contributed by atoms with E-state index in [-0.39, 0.29) is 0 Å². The fourth-order valence-electron chi connectivity index (χ4n) is 1.25. The molecule has 0 aliphatic heterocycles. The fourth-order valence-corrected chi connectivity index (χ4v) is 1.57. The molecule has 1 rings (SSSR count). The number of hydrogen-bond donors (Lipinski definition) is 1. The van der Waals surface area contributed by atoms with Crippen molar-refractivity contribution in [2.75, 3.05) is 7.11 Å². The third kappa shape index (κ3) is 4.79. The van der Waals surface area contributed by atoms with E-state index in [1.165, 1.54) is 0 Å². The Kier molecular flexibility index (Phi) is 8.54. The van der Waals surface area contributed by atoms with E-state index in [2.05, 4.69) is 27.8 Å². The van der Waals surface area contributed by atoms with E-state index in [0.29, 0.717) is 5.56 Å². The minimum atomic E-state index is 0.642. The number of hydrogen-bond acceptors (Lipinski definition) is 3. The molecule has 1 aromatic rings. The van der Waals surface area contributed by atoms with Crippen LogP contribution in [0.2, 0.25) is 0 Å². The first-order valence-electron chi connectivity index (χ1n) is 5.42. The lowest BCUT2D eigenvalue weighted by atomic mass is 10.1.